The number of hydrogen-bond donors (Lipinski definition) is 2. The Morgan fingerprint density at radius 1 is 1.38 bits per heavy atom. The van der Waals surface area contributed by atoms with Crippen LogP contribution in [0.4, 0.5) is 5.69 Å². The lowest BCUT2D eigenvalue weighted by Crippen LogP contribution is -2.29. The SMILES string of the molecule is Cc1nc(C)n(Cc2cccc(NC(=O)[C@@H]3CCC[C@@H]3CN)c2)n1. The van der Waals surface area contributed by atoms with Crippen molar-refractivity contribution in [3.05, 3.63) is 41.5 Å². The Hall–Kier alpha value is -2.21. The van der Waals surface area contributed by atoms with E-state index in [9.17, 15) is 4.79 Å². The maximum absolute atomic E-state index is 12.5. The number of benzene rings is 1. The zero-order valence-electron chi connectivity index (χ0n) is 14.3. The Kier molecular flexibility index (Phi) is 4.94. The Morgan fingerprint density at radius 2 is 2.21 bits per heavy atom. The van der Waals surface area contributed by atoms with Crippen molar-refractivity contribution in [1.29, 1.82) is 0 Å². The van der Waals surface area contributed by atoms with Crippen LogP contribution in [0.25, 0.3) is 0 Å². The van der Waals surface area contributed by atoms with Crippen LogP contribution in [0.1, 0.15) is 36.5 Å². The molecular formula is C18H25N5O. The average molecular weight is 327 g/mol. The fraction of sp³-hybridized carbons (Fsp3) is 0.500. The van der Waals surface area contributed by atoms with E-state index in [0.29, 0.717) is 19.0 Å². The van der Waals surface area contributed by atoms with Gasteiger partial charge in [0, 0.05) is 11.6 Å². The second kappa shape index (κ2) is 7.13. The molecule has 1 aromatic heterocycles. The summed E-state index contributed by atoms with van der Waals surface area (Å²) in [6, 6.07) is 7.91. The predicted molar refractivity (Wildman–Crippen MR) is 93.6 cm³/mol. The minimum Gasteiger partial charge on any atom is -0.330 e. The average Bonchev–Trinajstić information content (AvgIpc) is 3.14. The van der Waals surface area contributed by atoms with Crippen molar-refractivity contribution in [2.24, 2.45) is 17.6 Å². The third-order valence-electron chi connectivity index (χ3n) is 4.79. The van der Waals surface area contributed by atoms with Crippen LogP contribution in [0.2, 0.25) is 0 Å². The number of anilines is 1. The summed E-state index contributed by atoms with van der Waals surface area (Å²) in [6.45, 7) is 5.06. The molecule has 3 N–H and O–H groups in total. The van der Waals surface area contributed by atoms with Gasteiger partial charge in [-0.3, -0.25) is 4.79 Å². The van der Waals surface area contributed by atoms with Gasteiger partial charge in [0.2, 0.25) is 5.91 Å². The first-order valence-electron chi connectivity index (χ1n) is 8.54. The highest BCUT2D eigenvalue weighted by Crippen LogP contribution is 2.31. The first kappa shape index (κ1) is 16.6. The van der Waals surface area contributed by atoms with E-state index < -0.39 is 0 Å². The molecule has 1 heterocycles. The lowest BCUT2D eigenvalue weighted by atomic mass is 9.95. The molecular weight excluding hydrogens is 302 g/mol. The van der Waals surface area contributed by atoms with Gasteiger partial charge in [-0.1, -0.05) is 18.6 Å². The van der Waals surface area contributed by atoms with Crippen LogP contribution < -0.4 is 11.1 Å². The van der Waals surface area contributed by atoms with E-state index in [1.54, 1.807) is 0 Å². The van der Waals surface area contributed by atoms with Crippen LogP contribution >= 0.6 is 0 Å². The molecule has 1 saturated carbocycles. The zero-order chi connectivity index (χ0) is 17.1. The lowest BCUT2D eigenvalue weighted by Gasteiger charge is -2.17. The molecule has 1 aliphatic carbocycles. The van der Waals surface area contributed by atoms with Gasteiger partial charge in [0.15, 0.2) is 0 Å². The number of rotatable bonds is 5. The molecule has 1 aliphatic rings. The number of aromatic nitrogens is 3. The van der Waals surface area contributed by atoms with Gasteiger partial charge in [-0.15, -0.1) is 0 Å². The molecule has 1 fully saturated rings. The van der Waals surface area contributed by atoms with Crippen LogP contribution in [-0.2, 0) is 11.3 Å². The maximum atomic E-state index is 12.5. The minimum absolute atomic E-state index is 0.0406. The van der Waals surface area contributed by atoms with Gasteiger partial charge < -0.3 is 11.1 Å². The van der Waals surface area contributed by atoms with E-state index in [-0.39, 0.29) is 11.8 Å². The molecule has 2 atom stereocenters. The molecule has 1 amide bonds. The number of carbonyl (C=O) groups is 1. The minimum atomic E-state index is 0.0406. The molecule has 0 unspecified atom stereocenters. The zero-order valence-corrected chi connectivity index (χ0v) is 14.3. The van der Waals surface area contributed by atoms with Crippen molar-refractivity contribution < 1.29 is 4.79 Å². The summed E-state index contributed by atoms with van der Waals surface area (Å²) >= 11 is 0. The molecule has 6 nitrogen and oxygen atoms in total. The first-order chi connectivity index (χ1) is 11.6. The summed E-state index contributed by atoms with van der Waals surface area (Å²) in [4.78, 5) is 16.8. The summed E-state index contributed by atoms with van der Waals surface area (Å²) in [5.74, 6) is 2.10. The maximum Gasteiger partial charge on any atom is 0.227 e. The Bertz CT molecular complexity index is 724. The molecule has 3 rings (SSSR count). The lowest BCUT2D eigenvalue weighted by molar-refractivity contribution is -0.120. The second-order valence-corrected chi connectivity index (χ2v) is 6.59. The number of amides is 1. The molecule has 128 valence electrons. The number of carbonyl (C=O) groups excluding carboxylic acids is 1. The molecule has 2 aromatic rings. The van der Waals surface area contributed by atoms with Crippen LogP contribution in [0, 0.1) is 25.7 Å². The van der Waals surface area contributed by atoms with Crippen molar-refractivity contribution in [1.82, 2.24) is 14.8 Å². The smallest absolute Gasteiger partial charge is 0.227 e. The van der Waals surface area contributed by atoms with E-state index in [0.717, 1.165) is 42.2 Å². The number of aryl methyl sites for hydroxylation is 2. The highest BCUT2D eigenvalue weighted by atomic mass is 16.1. The normalized spacial score (nSPS) is 20.3. The fourth-order valence-electron chi connectivity index (χ4n) is 3.53. The molecule has 0 saturated heterocycles. The van der Waals surface area contributed by atoms with Crippen LogP contribution in [-0.4, -0.2) is 27.2 Å². The largest absolute Gasteiger partial charge is 0.330 e. The Balaban J connectivity index is 1.69. The van der Waals surface area contributed by atoms with Crippen molar-refractivity contribution in [2.45, 2.75) is 39.7 Å². The predicted octanol–water partition coefficient (Wildman–Crippen LogP) is 2.26. The number of nitrogens with two attached hydrogens (primary N) is 1. The molecule has 0 spiro atoms. The van der Waals surface area contributed by atoms with E-state index in [1.807, 2.05) is 42.8 Å². The first-order valence-corrected chi connectivity index (χ1v) is 8.54. The van der Waals surface area contributed by atoms with Crippen molar-refractivity contribution in [3.8, 4) is 0 Å². The third-order valence-corrected chi connectivity index (χ3v) is 4.79. The summed E-state index contributed by atoms with van der Waals surface area (Å²) in [5.41, 5.74) is 7.70. The van der Waals surface area contributed by atoms with Crippen LogP contribution in [0.3, 0.4) is 0 Å². The molecule has 0 bridgehead atoms. The topological polar surface area (TPSA) is 85.8 Å². The molecule has 1 aromatic carbocycles. The van der Waals surface area contributed by atoms with Gasteiger partial charge in [0.05, 0.1) is 6.54 Å². The summed E-state index contributed by atoms with van der Waals surface area (Å²) in [6.07, 6.45) is 3.08. The van der Waals surface area contributed by atoms with Gasteiger partial charge in [0.1, 0.15) is 11.6 Å². The fourth-order valence-corrected chi connectivity index (χ4v) is 3.53. The number of nitrogens with zero attached hydrogens (tertiary/aromatic N) is 3. The summed E-state index contributed by atoms with van der Waals surface area (Å²) < 4.78 is 1.87. The van der Waals surface area contributed by atoms with Crippen molar-refractivity contribution >= 4 is 11.6 Å². The van der Waals surface area contributed by atoms with Gasteiger partial charge in [-0.2, -0.15) is 5.10 Å². The number of hydrogen-bond acceptors (Lipinski definition) is 4. The van der Waals surface area contributed by atoms with E-state index in [2.05, 4.69) is 15.4 Å². The Morgan fingerprint density at radius 3 is 2.92 bits per heavy atom. The van der Waals surface area contributed by atoms with E-state index in [1.165, 1.54) is 0 Å². The van der Waals surface area contributed by atoms with Crippen molar-refractivity contribution in [3.63, 3.8) is 0 Å². The van der Waals surface area contributed by atoms with E-state index >= 15 is 0 Å². The standard InChI is InChI=1S/C18H25N5O/c1-12-20-13(2)23(22-12)11-14-5-3-7-16(9-14)21-18(24)17-8-4-6-15(17)10-19/h3,5,7,9,15,17H,4,6,8,10-11,19H2,1-2H3,(H,21,24)/t15-,17-/m1/s1. The van der Waals surface area contributed by atoms with Crippen LogP contribution in [0.5, 0.6) is 0 Å². The molecule has 0 aliphatic heterocycles. The highest BCUT2D eigenvalue weighted by molar-refractivity contribution is 5.93. The molecule has 0 radical (unpaired) electrons. The summed E-state index contributed by atoms with van der Waals surface area (Å²) in [5, 5.41) is 7.44. The third kappa shape index (κ3) is 3.64. The van der Waals surface area contributed by atoms with Gasteiger partial charge >= 0.3 is 0 Å². The monoisotopic (exact) mass is 327 g/mol. The van der Waals surface area contributed by atoms with Crippen molar-refractivity contribution in [2.75, 3.05) is 11.9 Å². The van der Waals surface area contributed by atoms with Gasteiger partial charge in [-0.25, -0.2) is 9.67 Å². The highest BCUT2D eigenvalue weighted by Gasteiger charge is 2.31. The number of nitrogens with one attached hydrogen (secondary N) is 1. The van der Waals surface area contributed by atoms with Gasteiger partial charge in [-0.05, 0) is 56.8 Å². The van der Waals surface area contributed by atoms with E-state index in [4.69, 9.17) is 5.73 Å². The molecule has 6 heteroatoms. The van der Waals surface area contributed by atoms with Crippen LogP contribution in [0.15, 0.2) is 24.3 Å². The quantitative estimate of drug-likeness (QED) is 0.882. The molecule has 24 heavy (non-hydrogen) atoms. The summed E-state index contributed by atoms with van der Waals surface area (Å²) in [7, 11) is 0. The van der Waals surface area contributed by atoms with Gasteiger partial charge in [0.25, 0.3) is 0 Å². The Labute approximate surface area is 142 Å². The second-order valence-electron chi connectivity index (χ2n) is 6.59.